The Kier molecular flexibility index (Phi) is 5.30. The van der Waals surface area contributed by atoms with E-state index in [0.717, 1.165) is 16.6 Å². The summed E-state index contributed by atoms with van der Waals surface area (Å²) in [6, 6.07) is 8.81. The van der Waals surface area contributed by atoms with E-state index in [1.165, 1.54) is 0 Å². The van der Waals surface area contributed by atoms with Gasteiger partial charge in [0.2, 0.25) is 0 Å². The highest BCUT2D eigenvalue weighted by molar-refractivity contribution is 6.04. The van der Waals surface area contributed by atoms with Crippen LogP contribution in [0.5, 0.6) is 0 Å². The molecular weight excluding hydrogens is 358 g/mol. The number of carbonyl (C=O) groups is 2. The zero-order valence-corrected chi connectivity index (χ0v) is 16.3. The molecule has 0 unspecified atom stereocenters. The number of aromatic amines is 1. The zero-order valence-electron chi connectivity index (χ0n) is 16.3. The first kappa shape index (κ1) is 19.3. The van der Waals surface area contributed by atoms with Crippen molar-refractivity contribution in [2.45, 2.75) is 39.8 Å². The van der Waals surface area contributed by atoms with Gasteiger partial charge in [0.15, 0.2) is 5.65 Å². The molecule has 0 aliphatic carbocycles. The van der Waals surface area contributed by atoms with Crippen LogP contribution < -0.4 is 10.6 Å². The quantitative estimate of drug-likeness (QED) is 0.640. The van der Waals surface area contributed by atoms with Crippen LogP contribution in [0.25, 0.3) is 11.0 Å². The first-order valence-corrected chi connectivity index (χ1v) is 8.89. The molecule has 0 saturated heterocycles. The number of amides is 2. The lowest BCUT2D eigenvalue weighted by Gasteiger charge is -2.19. The Morgan fingerprint density at radius 2 is 1.89 bits per heavy atom. The molecule has 28 heavy (non-hydrogen) atoms. The van der Waals surface area contributed by atoms with Crippen LogP contribution in [0.4, 0.5) is 10.5 Å². The number of aryl methyl sites for hydroxylation is 1. The van der Waals surface area contributed by atoms with Gasteiger partial charge in [0.05, 0.1) is 11.9 Å². The summed E-state index contributed by atoms with van der Waals surface area (Å²) >= 11 is 0. The van der Waals surface area contributed by atoms with Crippen molar-refractivity contribution >= 4 is 28.7 Å². The van der Waals surface area contributed by atoms with E-state index < -0.39 is 11.7 Å². The molecule has 8 nitrogen and oxygen atoms in total. The number of fused-ring (bicyclic) bond motifs is 1. The summed E-state index contributed by atoms with van der Waals surface area (Å²) in [6.07, 6.45) is 1.09. The molecule has 2 heterocycles. The topological polar surface area (TPSA) is 109 Å². The van der Waals surface area contributed by atoms with Gasteiger partial charge in [-0.25, -0.2) is 9.78 Å². The summed E-state index contributed by atoms with van der Waals surface area (Å²) in [5, 5.41) is 13.3. The Morgan fingerprint density at radius 1 is 1.18 bits per heavy atom. The predicted octanol–water partition coefficient (Wildman–Crippen LogP) is 3.54. The van der Waals surface area contributed by atoms with E-state index in [-0.39, 0.29) is 5.91 Å². The zero-order chi connectivity index (χ0) is 20.3. The summed E-state index contributed by atoms with van der Waals surface area (Å²) in [4.78, 5) is 28.4. The van der Waals surface area contributed by atoms with E-state index in [2.05, 4.69) is 25.8 Å². The third-order valence-electron chi connectivity index (χ3n) is 3.91. The van der Waals surface area contributed by atoms with Crippen LogP contribution in [0.2, 0.25) is 0 Å². The van der Waals surface area contributed by atoms with Crippen molar-refractivity contribution in [2.75, 3.05) is 5.32 Å². The molecule has 8 heteroatoms. The minimum absolute atomic E-state index is 0.242. The fraction of sp³-hybridized carbons (Fsp3) is 0.300. The van der Waals surface area contributed by atoms with Crippen LogP contribution in [0.1, 0.15) is 42.4 Å². The fourth-order valence-corrected chi connectivity index (χ4v) is 2.55. The minimum atomic E-state index is -0.543. The fourth-order valence-electron chi connectivity index (χ4n) is 2.55. The highest BCUT2D eigenvalue weighted by Crippen LogP contribution is 2.18. The number of H-pyrrole nitrogens is 1. The molecular formula is C20H23N5O3. The smallest absolute Gasteiger partial charge is 0.407 e. The molecule has 0 aliphatic rings. The average Bonchev–Trinajstić information content (AvgIpc) is 2.99. The normalized spacial score (nSPS) is 11.3. The minimum Gasteiger partial charge on any atom is -0.444 e. The molecule has 0 bridgehead atoms. The van der Waals surface area contributed by atoms with Crippen LogP contribution in [0, 0.1) is 6.92 Å². The number of ether oxygens (including phenoxy) is 1. The van der Waals surface area contributed by atoms with Gasteiger partial charge >= 0.3 is 6.09 Å². The van der Waals surface area contributed by atoms with Crippen molar-refractivity contribution in [3.63, 3.8) is 0 Å². The average molecular weight is 381 g/mol. The van der Waals surface area contributed by atoms with Crippen LogP contribution in [0.15, 0.2) is 36.5 Å². The van der Waals surface area contributed by atoms with Crippen LogP contribution in [-0.2, 0) is 11.3 Å². The molecule has 146 valence electrons. The van der Waals surface area contributed by atoms with Crippen molar-refractivity contribution in [3.05, 3.63) is 53.3 Å². The number of benzene rings is 1. The first-order valence-electron chi connectivity index (χ1n) is 8.89. The third-order valence-corrected chi connectivity index (χ3v) is 3.91. The third kappa shape index (κ3) is 4.85. The molecule has 0 radical (unpaired) electrons. The van der Waals surface area contributed by atoms with Gasteiger partial charge in [-0.15, -0.1) is 0 Å². The Balaban J connectivity index is 1.60. The molecule has 2 amide bonds. The van der Waals surface area contributed by atoms with E-state index in [0.29, 0.717) is 23.4 Å². The van der Waals surface area contributed by atoms with Crippen molar-refractivity contribution < 1.29 is 14.3 Å². The summed E-state index contributed by atoms with van der Waals surface area (Å²) in [5.74, 6) is -0.242. The summed E-state index contributed by atoms with van der Waals surface area (Å²) in [7, 11) is 0. The molecule has 1 aromatic carbocycles. The second kappa shape index (κ2) is 7.67. The Bertz CT molecular complexity index is 1000. The predicted molar refractivity (Wildman–Crippen MR) is 106 cm³/mol. The maximum atomic E-state index is 12.5. The van der Waals surface area contributed by atoms with Gasteiger partial charge < -0.3 is 15.4 Å². The Labute approximate surface area is 162 Å². The first-order chi connectivity index (χ1) is 13.2. The van der Waals surface area contributed by atoms with Gasteiger partial charge in [-0.05, 0) is 51.5 Å². The second-order valence-corrected chi connectivity index (χ2v) is 7.45. The Morgan fingerprint density at radius 3 is 2.57 bits per heavy atom. The van der Waals surface area contributed by atoms with Crippen molar-refractivity contribution in [2.24, 2.45) is 0 Å². The highest BCUT2D eigenvalue weighted by atomic mass is 16.6. The van der Waals surface area contributed by atoms with Crippen molar-refractivity contribution in [1.29, 1.82) is 0 Å². The van der Waals surface area contributed by atoms with E-state index in [9.17, 15) is 9.59 Å². The number of pyridine rings is 1. The standard InChI is InChI=1S/C20H23N5O3/c1-12-16-9-15(11-21-17(16)25-24-12)23-18(26)14-7-5-13(6-8-14)10-22-19(27)28-20(2,3)4/h5-9,11H,10H2,1-4H3,(H,22,27)(H,23,26)(H,21,24,25). The Hall–Kier alpha value is -3.42. The number of hydrogen-bond donors (Lipinski definition) is 3. The maximum absolute atomic E-state index is 12.5. The number of nitrogens with zero attached hydrogens (tertiary/aromatic N) is 2. The molecule has 2 aromatic heterocycles. The number of hydrogen-bond acceptors (Lipinski definition) is 5. The van der Waals surface area contributed by atoms with Crippen molar-refractivity contribution in [3.8, 4) is 0 Å². The molecule has 0 atom stereocenters. The molecule has 3 rings (SSSR count). The lowest BCUT2D eigenvalue weighted by atomic mass is 10.1. The van der Waals surface area contributed by atoms with E-state index in [1.54, 1.807) is 51.2 Å². The van der Waals surface area contributed by atoms with Gasteiger partial charge in [0, 0.05) is 23.2 Å². The lowest BCUT2D eigenvalue weighted by molar-refractivity contribution is 0.0523. The number of alkyl carbamates (subject to hydrolysis) is 1. The number of aromatic nitrogens is 3. The van der Waals surface area contributed by atoms with E-state index in [1.807, 2.05) is 13.0 Å². The van der Waals surface area contributed by atoms with Gasteiger partial charge in [-0.2, -0.15) is 5.10 Å². The number of anilines is 1. The SMILES string of the molecule is Cc1[nH]nc2ncc(NC(=O)c3ccc(CNC(=O)OC(C)(C)C)cc3)cc12. The maximum Gasteiger partial charge on any atom is 0.407 e. The van der Waals surface area contributed by atoms with E-state index in [4.69, 9.17) is 4.74 Å². The molecule has 0 aliphatic heterocycles. The summed E-state index contributed by atoms with van der Waals surface area (Å²) < 4.78 is 5.19. The second-order valence-electron chi connectivity index (χ2n) is 7.45. The molecule has 0 spiro atoms. The van der Waals surface area contributed by atoms with Crippen LogP contribution in [0.3, 0.4) is 0 Å². The molecule has 3 aromatic rings. The van der Waals surface area contributed by atoms with Crippen LogP contribution in [-0.4, -0.2) is 32.8 Å². The number of carbonyl (C=O) groups excluding carboxylic acids is 2. The van der Waals surface area contributed by atoms with Crippen LogP contribution >= 0.6 is 0 Å². The van der Waals surface area contributed by atoms with E-state index >= 15 is 0 Å². The lowest BCUT2D eigenvalue weighted by Crippen LogP contribution is -2.32. The summed E-state index contributed by atoms with van der Waals surface area (Å²) in [5.41, 5.74) is 2.92. The molecule has 3 N–H and O–H groups in total. The molecule has 0 saturated carbocycles. The van der Waals surface area contributed by atoms with Gasteiger partial charge in [-0.1, -0.05) is 12.1 Å². The number of nitrogens with one attached hydrogen (secondary N) is 3. The van der Waals surface area contributed by atoms with Gasteiger partial charge in [-0.3, -0.25) is 9.89 Å². The van der Waals surface area contributed by atoms with Gasteiger partial charge in [0.25, 0.3) is 5.91 Å². The monoisotopic (exact) mass is 381 g/mol. The highest BCUT2D eigenvalue weighted by Gasteiger charge is 2.15. The molecule has 0 fully saturated rings. The largest absolute Gasteiger partial charge is 0.444 e. The summed E-state index contributed by atoms with van der Waals surface area (Å²) in [6.45, 7) is 7.63. The van der Waals surface area contributed by atoms with Crippen molar-refractivity contribution in [1.82, 2.24) is 20.5 Å². The van der Waals surface area contributed by atoms with Gasteiger partial charge in [0.1, 0.15) is 5.60 Å². The number of rotatable bonds is 4.